The third kappa shape index (κ3) is 3.58. The predicted molar refractivity (Wildman–Crippen MR) is 120 cm³/mol. The lowest BCUT2D eigenvalue weighted by molar-refractivity contribution is 0.0996. The van der Waals surface area contributed by atoms with E-state index in [4.69, 9.17) is 10.5 Å². The van der Waals surface area contributed by atoms with Gasteiger partial charge in [0, 0.05) is 42.0 Å². The van der Waals surface area contributed by atoms with Gasteiger partial charge in [-0.25, -0.2) is 13.8 Å². The van der Waals surface area contributed by atoms with E-state index in [1.54, 1.807) is 12.1 Å². The molecule has 1 atom stereocenters. The molecule has 2 N–H and O–H groups in total. The van der Waals surface area contributed by atoms with Crippen molar-refractivity contribution in [1.82, 2.24) is 9.97 Å². The van der Waals surface area contributed by atoms with Crippen LogP contribution in [0.3, 0.4) is 0 Å². The summed E-state index contributed by atoms with van der Waals surface area (Å²) < 4.78 is 35.2. The largest absolute Gasteiger partial charge is 0.496 e. The average molecular weight is 451 g/mol. The van der Waals surface area contributed by atoms with Gasteiger partial charge in [0.15, 0.2) is 0 Å². The average Bonchev–Trinajstić information content (AvgIpc) is 3.37. The van der Waals surface area contributed by atoms with Crippen molar-refractivity contribution in [3.8, 4) is 16.9 Å². The Kier molecular flexibility index (Phi) is 5.20. The number of methoxy groups -OCH3 is 1. The number of ether oxygens (including phenoxy) is 1. The van der Waals surface area contributed by atoms with E-state index in [0.717, 1.165) is 13.0 Å². The van der Waals surface area contributed by atoms with Gasteiger partial charge < -0.3 is 15.4 Å². The van der Waals surface area contributed by atoms with Gasteiger partial charge in [-0.05, 0) is 43.2 Å². The van der Waals surface area contributed by atoms with Gasteiger partial charge in [0.25, 0.3) is 5.91 Å². The molecule has 7 nitrogen and oxygen atoms in total. The Labute approximate surface area is 189 Å². The summed E-state index contributed by atoms with van der Waals surface area (Å²) in [5.74, 6) is -0.479. The molecule has 0 spiro atoms. The number of carbonyl (C=O) groups is 1. The molecule has 1 fully saturated rings. The van der Waals surface area contributed by atoms with Crippen molar-refractivity contribution in [2.24, 2.45) is 5.73 Å². The van der Waals surface area contributed by atoms with Crippen LogP contribution in [0.1, 0.15) is 28.0 Å². The van der Waals surface area contributed by atoms with Gasteiger partial charge in [0.2, 0.25) is 5.95 Å². The first-order valence-corrected chi connectivity index (χ1v) is 10.7. The Hall–Kier alpha value is -3.59. The number of benzene rings is 2. The summed E-state index contributed by atoms with van der Waals surface area (Å²) in [6.07, 6.45) is 0.841. The quantitative estimate of drug-likeness (QED) is 0.654. The van der Waals surface area contributed by atoms with E-state index in [0.29, 0.717) is 35.1 Å². The smallest absolute Gasteiger partial charge is 0.260 e. The lowest BCUT2D eigenvalue weighted by Gasteiger charge is -2.20. The Morgan fingerprint density at radius 1 is 1.12 bits per heavy atom. The molecule has 2 aromatic carbocycles. The number of fused-ring (bicyclic) bond motifs is 1. The van der Waals surface area contributed by atoms with Crippen LogP contribution in [0.15, 0.2) is 36.4 Å². The molecule has 1 amide bonds. The van der Waals surface area contributed by atoms with Crippen LogP contribution in [0, 0.1) is 18.6 Å². The molecule has 0 aliphatic carbocycles. The summed E-state index contributed by atoms with van der Waals surface area (Å²) in [5, 5.41) is 0. The molecule has 1 aromatic heterocycles. The van der Waals surface area contributed by atoms with Gasteiger partial charge in [-0.2, -0.15) is 4.98 Å². The number of amides is 1. The maximum Gasteiger partial charge on any atom is 0.260 e. The fourth-order valence-electron chi connectivity index (χ4n) is 4.52. The van der Waals surface area contributed by atoms with Crippen molar-refractivity contribution < 1.29 is 18.3 Å². The number of hydrogen-bond acceptors (Lipinski definition) is 6. The maximum absolute atomic E-state index is 15.1. The van der Waals surface area contributed by atoms with Gasteiger partial charge in [-0.1, -0.05) is 6.07 Å². The summed E-state index contributed by atoms with van der Waals surface area (Å²) in [6, 6.07) is 8.67. The zero-order valence-electron chi connectivity index (χ0n) is 18.3. The summed E-state index contributed by atoms with van der Waals surface area (Å²) in [4.78, 5) is 25.9. The molecule has 0 radical (unpaired) electrons. The van der Waals surface area contributed by atoms with Crippen molar-refractivity contribution >= 4 is 17.7 Å². The van der Waals surface area contributed by atoms with Crippen LogP contribution in [-0.2, 0) is 6.54 Å². The third-order valence-electron chi connectivity index (χ3n) is 6.11. The molecule has 0 bridgehead atoms. The van der Waals surface area contributed by atoms with Gasteiger partial charge in [-0.3, -0.25) is 9.69 Å². The molecule has 2 aliphatic rings. The van der Waals surface area contributed by atoms with Crippen LogP contribution in [0.2, 0.25) is 0 Å². The van der Waals surface area contributed by atoms with Gasteiger partial charge in [0.1, 0.15) is 23.2 Å². The number of aromatic nitrogens is 2. The maximum atomic E-state index is 15.1. The van der Waals surface area contributed by atoms with Crippen LogP contribution in [-0.4, -0.2) is 42.1 Å². The molecule has 0 saturated carbocycles. The molecule has 5 rings (SSSR count). The minimum atomic E-state index is -0.627. The van der Waals surface area contributed by atoms with Crippen LogP contribution in [0.4, 0.5) is 20.5 Å². The van der Waals surface area contributed by atoms with Crippen molar-refractivity contribution in [1.29, 1.82) is 0 Å². The minimum absolute atomic E-state index is 0.00499. The number of aryl methyl sites for hydroxylation is 1. The lowest BCUT2D eigenvalue weighted by atomic mass is 9.95. The highest BCUT2D eigenvalue weighted by Crippen LogP contribution is 2.41. The molecule has 33 heavy (non-hydrogen) atoms. The molecular weight excluding hydrogens is 428 g/mol. The molecule has 1 saturated heterocycles. The lowest BCUT2D eigenvalue weighted by Crippen LogP contribution is -2.29. The number of hydrogen-bond donors (Lipinski definition) is 1. The summed E-state index contributed by atoms with van der Waals surface area (Å²) in [6.45, 7) is 3.25. The van der Waals surface area contributed by atoms with E-state index in [-0.39, 0.29) is 35.4 Å². The van der Waals surface area contributed by atoms with E-state index in [1.807, 2.05) is 11.8 Å². The highest BCUT2D eigenvalue weighted by atomic mass is 19.1. The second-order valence-electron chi connectivity index (χ2n) is 8.32. The molecule has 170 valence electrons. The molecule has 9 heteroatoms. The predicted octanol–water partition coefficient (Wildman–Crippen LogP) is 3.44. The highest BCUT2D eigenvalue weighted by molar-refractivity contribution is 6.11. The van der Waals surface area contributed by atoms with Crippen LogP contribution in [0.5, 0.6) is 5.75 Å². The number of anilines is 2. The summed E-state index contributed by atoms with van der Waals surface area (Å²) >= 11 is 0. The van der Waals surface area contributed by atoms with Crippen LogP contribution < -0.4 is 20.3 Å². The number of carbonyl (C=O) groups excluding carboxylic acids is 1. The second-order valence-corrected chi connectivity index (χ2v) is 8.32. The van der Waals surface area contributed by atoms with E-state index in [9.17, 15) is 9.18 Å². The number of rotatable bonds is 4. The van der Waals surface area contributed by atoms with E-state index in [2.05, 4.69) is 9.97 Å². The first kappa shape index (κ1) is 21.3. The van der Waals surface area contributed by atoms with Crippen LogP contribution in [0.25, 0.3) is 11.1 Å². The second kappa shape index (κ2) is 8.08. The monoisotopic (exact) mass is 451 g/mol. The number of nitrogens with two attached hydrogens (primary N) is 1. The van der Waals surface area contributed by atoms with E-state index >= 15 is 4.39 Å². The first-order chi connectivity index (χ1) is 15.9. The fourth-order valence-corrected chi connectivity index (χ4v) is 4.52. The SMILES string of the molecule is COc1cccc(F)c1-c1c(F)ccc2c1CN(c1cc(C)nc(N3CC[C@@H](N)C3)n1)C2=O. The Morgan fingerprint density at radius 2 is 1.91 bits per heavy atom. The summed E-state index contributed by atoms with van der Waals surface area (Å²) in [5.41, 5.74) is 7.43. The Balaban J connectivity index is 1.59. The zero-order valence-corrected chi connectivity index (χ0v) is 18.3. The normalized spacial score (nSPS) is 17.6. The van der Waals surface area contributed by atoms with Crippen molar-refractivity contribution in [3.05, 3.63) is 64.9 Å². The zero-order chi connectivity index (χ0) is 23.3. The van der Waals surface area contributed by atoms with E-state index < -0.39 is 11.6 Å². The standard InChI is InChI=1S/C24H23F2N5O2/c1-13-10-20(29-24(28-13)30-9-8-14(27)11-30)31-12-16-15(23(31)32)6-7-18(26)21(16)22-17(25)4-3-5-19(22)33-2/h3-7,10,14H,8-9,11-12,27H2,1-2H3/t14-/m1/s1. The molecule has 3 heterocycles. The highest BCUT2D eigenvalue weighted by Gasteiger charge is 2.35. The van der Waals surface area contributed by atoms with Gasteiger partial charge >= 0.3 is 0 Å². The topological polar surface area (TPSA) is 84.6 Å². The molecule has 3 aromatic rings. The molecular formula is C24H23F2N5O2. The van der Waals surface area contributed by atoms with Gasteiger partial charge in [-0.15, -0.1) is 0 Å². The summed E-state index contributed by atoms with van der Waals surface area (Å²) in [7, 11) is 1.40. The number of halogens is 2. The fraction of sp³-hybridized carbons (Fsp3) is 0.292. The van der Waals surface area contributed by atoms with Crippen LogP contribution >= 0.6 is 0 Å². The minimum Gasteiger partial charge on any atom is -0.496 e. The van der Waals surface area contributed by atoms with Crippen molar-refractivity contribution in [2.75, 3.05) is 30.0 Å². The Morgan fingerprint density at radius 3 is 2.64 bits per heavy atom. The molecule has 0 unspecified atom stereocenters. The Bertz CT molecular complexity index is 1270. The van der Waals surface area contributed by atoms with Crippen molar-refractivity contribution in [3.63, 3.8) is 0 Å². The number of nitrogens with zero attached hydrogens (tertiary/aromatic N) is 4. The molecule has 2 aliphatic heterocycles. The van der Waals surface area contributed by atoms with E-state index in [1.165, 1.54) is 36.3 Å². The first-order valence-electron chi connectivity index (χ1n) is 10.7. The third-order valence-corrected chi connectivity index (χ3v) is 6.11. The van der Waals surface area contributed by atoms with Gasteiger partial charge in [0.05, 0.1) is 19.2 Å². The van der Waals surface area contributed by atoms with Crippen molar-refractivity contribution in [2.45, 2.75) is 25.9 Å².